The summed E-state index contributed by atoms with van der Waals surface area (Å²) < 4.78 is 2.16. The van der Waals surface area contributed by atoms with Crippen LogP contribution in [-0.4, -0.2) is 10.9 Å². The molecule has 23 heavy (non-hydrogen) atoms. The van der Waals surface area contributed by atoms with E-state index >= 15 is 0 Å². The van der Waals surface area contributed by atoms with E-state index < -0.39 is 0 Å². The fourth-order valence-electron chi connectivity index (χ4n) is 3.42. The van der Waals surface area contributed by atoms with Crippen molar-refractivity contribution in [3.05, 3.63) is 71.9 Å². The number of hydrogen-bond donors (Lipinski definition) is 0. The van der Waals surface area contributed by atoms with E-state index in [1.807, 2.05) is 6.07 Å². The third-order valence-corrected chi connectivity index (χ3v) is 4.89. The highest BCUT2D eigenvalue weighted by Gasteiger charge is 2.29. The molecule has 0 spiro atoms. The molecule has 3 rings (SSSR count). The lowest BCUT2D eigenvalue weighted by atomic mass is 9.75. The number of aryl methyl sites for hydroxylation is 2. The maximum Gasteiger partial charge on any atom is 0.120 e. The zero-order chi connectivity index (χ0) is 16.3. The number of fused-ring (bicyclic) bond motifs is 1. The van der Waals surface area contributed by atoms with Crippen molar-refractivity contribution in [2.24, 2.45) is 7.05 Å². The molecule has 0 bridgehead atoms. The summed E-state index contributed by atoms with van der Waals surface area (Å²) in [6, 6.07) is 18.9. The second-order valence-corrected chi connectivity index (χ2v) is 6.59. The zero-order valence-electron chi connectivity index (χ0n) is 13.8. The molecule has 3 aromatic rings. The van der Waals surface area contributed by atoms with Gasteiger partial charge in [0.05, 0.1) is 0 Å². The van der Waals surface area contributed by atoms with Gasteiger partial charge >= 0.3 is 0 Å². The molecule has 0 saturated heterocycles. The molecule has 1 heterocycles. The summed E-state index contributed by atoms with van der Waals surface area (Å²) in [4.78, 5) is 11.3. The van der Waals surface area contributed by atoms with Crippen LogP contribution in [0, 0.1) is 0 Å². The second kappa shape index (κ2) is 6.41. The third-order valence-electron chi connectivity index (χ3n) is 4.89. The molecule has 0 saturated carbocycles. The molecule has 2 nitrogen and oxygen atoms in total. The quantitative estimate of drug-likeness (QED) is 0.607. The van der Waals surface area contributed by atoms with E-state index in [4.69, 9.17) is 0 Å². The van der Waals surface area contributed by atoms with E-state index in [0.29, 0.717) is 6.42 Å². The molecule has 0 aliphatic carbocycles. The SMILES string of the molecule is Cn1cc([C@](C)(CC=O)CCc2ccccc2)c2ccccc21. The van der Waals surface area contributed by atoms with Gasteiger partial charge in [-0.2, -0.15) is 0 Å². The van der Waals surface area contributed by atoms with E-state index in [1.54, 1.807) is 0 Å². The van der Waals surface area contributed by atoms with Gasteiger partial charge in [-0.15, -0.1) is 0 Å². The van der Waals surface area contributed by atoms with Gasteiger partial charge in [-0.05, 0) is 30.0 Å². The van der Waals surface area contributed by atoms with Crippen LogP contribution < -0.4 is 0 Å². The molecule has 0 radical (unpaired) electrons. The predicted molar refractivity (Wildman–Crippen MR) is 95.7 cm³/mol. The molecule has 0 unspecified atom stereocenters. The van der Waals surface area contributed by atoms with Crippen molar-refractivity contribution in [3.8, 4) is 0 Å². The maximum atomic E-state index is 11.3. The molecule has 1 atom stereocenters. The second-order valence-electron chi connectivity index (χ2n) is 6.59. The van der Waals surface area contributed by atoms with E-state index in [0.717, 1.165) is 19.1 Å². The fraction of sp³-hybridized carbons (Fsp3) is 0.286. The Labute approximate surface area is 137 Å². The monoisotopic (exact) mass is 305 g/mol. The molecule has 0 aliphatic heterocycles. The average Bonchev–Trinajstić information content (AvgIpc) is 2.92. The van der Waals surface area contributed by atoms with Crippen LogP contribution in [0.2, 0.25) is 0 Å². The Kier molecular flexibility index (Phi) is 4.33. The lowest BCUT2D eigenvalue weighted by Gasteiger charge is -2.27. The van der Waals surface area contributed by atoms with Crippen molar-refractivity contribution in [1.29, 1.82) is 0 Å². The van der Waals surface area contributed by atoms with Crippen LogP contribution in [0.15, 0.2) is 60.8 Å². The van der Waals surface area contributed by atoms with E-state index in [9.17, 15) is 4.79 Å². The van der Waals surface area contributed by atoms with Crippen LogP contribution in [0.25, 0.3) is 10.9 Å². The summed E-state index contributed by atoms with van der Waals surface area (Å²) in [7, 11) is 2.07. The van der Waals surface area contributed by atoms with Gasteiger partial charge in [0.25, 0.3) is 0 Å². The summed E-state index contributed by atoms with van der Waals surface area (Å²) in [5.74, 6) is 0. The number of carbonyl (C=O) groups excluding carboxylic acids is 1. The van der Waals surface area contributed by atoms with Crippen molar-refractivity contribution in [3.63, 3.8) is 0 Å². The molecule has 0 aliphatic rings. The van der Waals surface area contributed by atoms with Gasteiger partial charge in [-0.3, -0.25) is 0 Å². The molecule has 0 fully saturated rings. The standard InChI is InChI=1S/C21H23NO/c1-21(14-15-23,13-12-17-8-4-3-5-9-17)19-16-22(2)20-11-7-6-10-18(19)20/h3-11,15-16H,12-14H2,1-2H3/t21-/m0/s1. The van der Waals surface area contributed by atoms with Crippen molar-refractivity contribution in [2.75, 3.05) is 0 Å². The minimum absolute atomic E-state index is 0.140. The molecule has 0 N–H and O–H groups in total. The first kappa shape index (κ1) is 15.5. The molecule has 118 valence electrons. The van der Waals surface area contributed by atoms with Crippen LogP contribution >= 0.6 is 0 Å². The first-order chi connectivity index (χ1) is 11.1. The number of rotatable bonds is 6. The van der Waals surface area contributed by atoms with Gasteiger partial charge in [0, 0.05) is 36.0 Å². The Bertz CT molecular complexity index is 803. The highest BCUT2D eigenvalue weighted by Crippen LogP contribution is 2.37. The minimum Gasteiger partial charge on any atom is -0.350 e. The van der Waals surface area contributed by atoms with Crippen molar-refractivity contribution in [2.45, 2.75) is 31.6 Å². The number of aldehydes is 1. The summed E-state index contributed by atoms with van der Waals surface area (Å²) in [6.45, 7) is 2.21. The first-order valence-corrected chi connectivity index (χ1v) is 8.16. The number of carbonyl (C=O) groups is 1. The van der Waals surface area contributed by atoms with E-state index in [1.165, 1.54) is 22.0 Å². The Morgan fingerprint density at radius 1 is 1.04 bits per heavy atom. The Balaban J connectivity index is 1.97. The smallest absolute Gasteiger partial charge is 0.120 e. The summed E-state index contributed by atoms with van der Waals surface area (Å²) in [5, 5.41) is 1.26. The average molecular weight is 305 g/mol. The zero-order valence-corrected chi connectivity index (χ0v) is 13.8. The van der Waals surface area contributed by atoms with Gasteiger partial charge in [0.15, 0.2) is 0 Å². The summed E-state index contributed by atoms with van der Waals surface area (Å²) in [5.41, 5.74) is 3.68. The topological polar surface area (TPSA) is 22.0 Å². The third kappa shape index (κ3) is 3.07. The van der Waals surface area contributed by atoms with Crippen LogP contribution in [0.4, 0.5) is 0 Å². The Hall–Kier alpha value is -2.35. The van der Waals surface area contributed by atoms with Crippen molar-refractivity contribution in [1.82, 2.24) is 4.57 Å². The van der Waals surface area contributed by atoms with Gasteiger partial charge in [-0.25, -0.2) is 0 Å². The van der Waals surface area contributed by atoms with E-state index in [-0.39, 0.29) is 5.41 Å². The lowest BCUT2D eigenvalue weighted by Crippen LogP contribution is -2.23. The van der Waals surface area contributed by atoms with E-state index in [2.05, 4.69) is 73.3 Å². The van der Waals surface area contributed by atoms with Gasteiger partial charge < -0.3 is 9.36 Å². The maximum absolute atomic E-state index is 11.3. The molecule has 2 aromatic carbocycles. The number of hydrogen-bond acceptors (Lipinski definition) is 1. The summed E-state index contributed by atoms with van der Waals surface area (Å²) in [6.07, 6.45) is 5.75. The lowest BCUT2D eigenvalue weighted by molar-refractivity contribution is -0.108. The van der Waals surface area contributed by atoms with Crippen LogP contribution in [-0.2, 0) is 23.7 Å². The number of benzene rings is 2. The van der Waals surface area contributed by atoms with Crippen LogP contribution in [0.3, 0.4) is 0 Å². The van der Waals surface area contributed by atoms with Gasteiger partial charge in [-0.1, -0.05) is 55.5 Å². The van der Waals surface area contributed by atoms with Crippen molar-refractivity contribution < 1.29 is 4.79 Å². The molecular formula is C21H23NO. The van der Waals surface area contributed by atoms with Gasteiger partial charge in [0.1, 0.15) is 6.29 Å². The number of para-hydroxylation sites is 1. The van der Waals surface area contributed by atoms with Crippen LogP contribution in [0.5, 0.6) is 0 Å². The fourth-order valence-corrected chi connectivity index (χ4v) is 3.42. The highest BCUT2D eigenvalue weighted by molar-refractivity contribution is 5.85. The van der Waals surface area contributed by atoms with Gasteiger partial charge in [0.2, 0.25) is 0 Å². The molecular weight excluding hydrogens is 282 g/mol. The molecule has 0 amide bonds. The molecule has 1 aromatic heterocycles. The largest absolute Gasteiger partial charge is 0.350 e. The first-order valence-electron chi connectivity index (χ1n) is 8.16. The van der Waals surface area contributed by atoms with Crippen molar-refractivity contribution >= 4 is 17.2 Å². The Morgan fingerprint density at radius 3 is 2.48 bits per heavy atom. The number of nitrogens with zero attached hydrogens (tertiary/aromatic N) is 1. The molecule has 2 heteroatoms. The number of aromatic nitrogens is 1. The summed E-state index contributed by atoms with van der Waals surface area (Å²) >= 11 is 0. The van der Waals surface area contributed by atoms with Crippen LogP contribution in [0.1, 0.15) is 30.9 Å². The minimum atomic E-state index is -0.140. The Morgan fingerprint density at radius 2 is 1.74 bits per heavy atom. The highest BCUT2D eigenvalue weighted by atomic mass is 16.1. The normalized spacial score (nSPS) is 13.8. The predicted octanol–water partition coefficient (Wildman–Crippen LogP) is 4.66.